The van der Waals surface area contributed by atoms with Gasteiger partial charge in [0, 0.05) is 16.3 Å². The van der Waals surface area contributed by atoms with Crippen LogP contribution in [0, 0.1) is 17.0 Å². The topological polar surface area (TPSA) is 43.1 Å². The van der Waals surface area contributed by atoms with Gasteiger partial charge in [0.1, 0.15) is 0 Å². The van der Waals surface area contributed by atoms with Gasteiger partial charge in [-0.2, -0.15) is 0 Å². The van der Waals surface area contributed by atoms with Crippen molar-refractivity contribution < 1.29 is 4.92 Å². The molecule has 2 rings (SSSR count). The zero-order valence-corrected chi connectivity index (χ0v) is 12.7. The third-order valence-corrected chi connectivity index (χ3v) is 4.22. The molecule has 0 aromatic heterocycles. The zero-order chi connectivity index (χ0) is 13.8. The van der Waals surface area contributed by atoms with Crippen molar-refractivity contribution in [1.82, 2.24) is 0 Å². The van der Waals surface area contributed by atoms with Gasteiger partial charge in [0.25, 0.3) is 5.69 Å². The van der Waals surface area contributed by atoms with Crippen LogP contribution in [0.25, 0.3) is 0 Å². The monoisotopic (exact) mass is 337 g/mol. The van der Waals surface area contributed by atoms with Crippen LogP contribution in [0.3, 0.4) is 0 Å². The molecule has 0 heterocycles. The minimum Gasteiger partial charge on any atom is -0.258 e. The number of halogens is 1. The van der Waals surface area contributed by atoms with Gasteiger partial charge in [-0.25, -0.2) is 0 Å². The van der Waals surface area contributed by atoms with Crippen LogP contribution in [0.1, 0.15) is 11.1 Å². The van der Waals surface area contributed by atoms with E-state index in [9.17, 15) is 10.1 Å². The lowest BCUT2D eigenvalue weighted by molar-refractivity contribution is -0.387. The van der Waals surface area contributed by atoms with E-state index in [-0.39, 0.29) is 10.6 Å². The molecule has 0 aliphatic heterocycles. The summed E-state index contributed by atoms with van der Waals surface area (Å²) in [6, 6.07) is 13.3. The summed E-state index contributed by atoms with van der Waals surface area (Å²) < 4.78 is 0.721. The Morgan fingerprint density at radius 1 is 1.26 bits per heavy atom. The Kier molecular flexibility index (Phi) is 4.61. The van der Waals surface area contributed by atoms with Gasteiger partial charge in [-0.05, 0) is 24.6 Å². The summed E-state index contributed by atoms with van der Waals surface area (Å²) in [4.78, 5) is 11.4. The summed E-state index contributed by atoms with van der Waals surface area (Å²) in [5, 5.41) is 11.0. The molecular formula is C14H12BrNO2S. The number of nitro groups is 1. The normalized spacial score (nSPS) is 10.4. The van der Waals surface area contributed by atoms with E-state index >= 15 is 0 Å². The highest BCUT2D eigenvalue weighted by molar-refractivity contribution is 9.10. The van der Waals surface area contributed by atoms with Crippen molar-refractivity contribution in [2.45, 2.75) is 17.6 Å². The van der Waals surface area contributed by atoms with Gasteiger partial charge in [0.05, 0.1) is 9.82 Å². The van der Waals surface area contributed by atoms with E-state index in [1.807, 2.05) is 31.2 Å². The van der Waals surface area contributed by atoms with Crippen LogP contribution in [0.5, 0.6) is 0 Å². The van der Waals surface area contributed by atoms with Gasteiger partial charge in [0.2, 0.25) is 0 Å². The van der Waals surface area contributed by atoms with E-state index in [0.717, 1.165) is 10.2 Å². The van der Waals surface area contributed by atoms with Crippen molar-refractivity contribution in [1.29, 1.82) is 0 Å². The largest absolute Gasteiger partial charge is 0.284 e. The average molecular weight is 338 g/mol. The molecule has 98 valence electrons. The van der Waals surface area contributed by atoms with Gasteiger partial charge in [-0.3, -0.25) is 10.1 Å². The van der Waals surface area contributed by atoms with E-state index in [0.29, 0.717) is 4.90 Å². The third-order valence-electron chi connectivity index (χ3n) is 2.59. The molecule has 0 unspecified atom stereocenters. The molecule has 3 nitrogen and oxygen atoms in total. The Morgan fingerprint density at radius 3 is 2.74 bits per heavy atom. The van der Waals surface area contributed by atoms with Crippen LogP contribution in [-0.4, -0.2) is 4.92 Å². The summed E-state index contributed by atoms with van der Waals surface area (Å²) in [7, 11) is 0. The highest BCUT2D eigenvalue weighted by atomic mass is 79.9. The first-order valence-corrected chi connectivity index (χ1v) is 7.46. The van der Waals surface area contributed by atoms with E-state index in [1.54, 1.807) is 12.1 Å². The number of aryl methyl sites for hydroxylation is 1. The molecule has 0 N–H and O–H groups in total. The molecular weight excluding hydrogens is 326 g/mol. The van der Waals surface area contributed by atoms with E-state index in [1.165, 1.54) is 22.9 Å². The van der Waals surface area contributed by atoms with Crippen molar-refractivity contribution in [2.75, 3.05) is 0 Å². The van der Waals surface area contributed by atoms with Gasteiger partial charge in [-0.1, -0.05) is 45.8 Å². The summed E-state index contributed by atoms with van der Waals surface area (Å²) in [5.41, 5.74) is 2.51. The Balaban J connectivity index is 2.17. The molecule has 5 heteroatoms. The molecule has 19 heavy (non-hydrogen) atoms. The van der Waals surface area contributed by atoms with Crippen LogP contribution in [-0.2, 0) is 5.75 Å². The molecule has 0 saturated heterocycles. The van der Waals surface area contributed by atoms with Gasteiger partial charge < -0.3 is 0 Å². The Hall–Kier alpha value is -1.33. The van der Waals surface area contributed by atoms with E-state index in [4.69, 9.17) is 0 Å². The number of thioether (sulfide) groups is 1. The predicted molar refractivity (Wildman–Crippen MR) is 81.5 cm³/mol. The standard InChI is InChI=1S/C14H12BrNO2S/c1-10-3-2-4-11(7-10)9-19-14-6-5-12(15)8-13(14)16(17)18/h2-8H,9H2,1H3. The maximum absolute atomic E-state index is 11.0. The molecule has 0 spiro atoms. The molecule has 0 atom stereocenters. The molecule has 0 fully saturated rings. The number of rotatable bonds is 4. The third kappa shape index (κ3) is 3.81. The fourth-order valence-corrected chi connectivity index (χ4v) is 3.01. The summed E-state index contributed by atoms with van der Waals surface area (Å²) in [6.07, 6.45) is 0. The van der Waals surface area contributed by atoms with Crippen LogP contribution in [0.4, 0.5) is 5.69 Å². The summed E-state index contributed by atoms with van der Waals surface area (Å²) in [5.74, 6) is 0.726. The second-order valence-electron chi connectivity index (χ2n) is 4.15. The number of nitrogens with zero attached hydrogens (tertiary/aromatic N) is 1. The highest BCUT2D eigenvalue weighted by Gasteiger charge is 2.14. The van der Waals surface area contributed by atoms with Crippen molar-refractivity contribution in [3.05, 3.63) is 68.2 Å². The van der Waals surface area contributed by atoms with Crippen molar-refractivity contribution >= 4 is 33.4 Å². The maximum Gasteiger partial charge on any atom is 0.284 e. The maximum atomic E-state index is 11.0. The van der Waals surface area contributed by atoms with Gasteiger partial charge in [-0.15, -0.1) is 11.8 Å². The van der Waals surface area contributed by atoms with E-state index in [2.05, 4.69) is 22.0 Å². The fraction of sp³-hybridized carbons (Fsp3) is 0.143. The second-order valence-corrected chi connectivity index (χ2v) is 6.08. The van der Waals surface area contributed by atoms with E-state index < -0.39 is 0 Å². The molecule has 0 amide bonds. The number of benzene rings is 2. The number of hydrogen-bond acceptors (Lipinski definition) is 3. The molecule has 2 aromatic carbocycles. The van der Waals surface area contributed by atoms with Crippen molar-refractivity contribution in [3.63, 3.8) is 0 Å². The van der Waals surface area contributed by atoms with Crippen LogP contribution in [0.2, 0.25) is 0 Å². The Bertz CT molecular complexity index is 616. The second kappa shape index (κ2) is 6.21. The predicted octanol–water partition coefficient (Wildman–Crippen LogP) is 4.96. The van der Waals surface area contributed by atoms with Gasteiger partial charge in [0.15, 0.2) is 0 Å². The van der Waals surface area contributed by atoms with Crippen LogP contribution in [0.15, 0.2) is 51.8 Å². The minimum absolute atomic E-state index is 0.145. The molecule has 0 bridgehead atoms. The molecule has 0 radical (unpaired) electrons. The quantitative estimate of drug-likeness (QED) is 0.450. The number of hydrogen-bond donors (Lipinski definition) is 0. The molecule has 0 aliphatic carbocycles. The van der Waals surface area contributed by atoms with Gasteiger partial charge >= 0.3 is 0 Å². The number of nitro benzene ring substituents is 1. The zero-order valence-electron chi connectivity index (χ0n) is 10.3. The highest BCUT2D eigenvalue weighted by Crippen LogP contribution is 2.33. The first kappa shape index (κ1) is 14.1. The van der Waals surface area contributed by atoms with Crippen molar-refractivity contribution in [2.24, 2.45) is 0 Å². The minimum atomic E-state index is -0.344. The first-order chi connectivity index (χ1) is 9.06. The smallest absolute Gasteiger partial charge is 0.258 e. The lowest BCUT2D eigenvalue weighted by Gasteiger charge is -2.04. The first-order valence-electron chi connectivity index (χ1n) is 5.68. The summed E-state index contributed by atoms with van der Waals surface area (Å²) in [6.45, 7) is 2.04. The Morgan fingerprint density at radius 2 is 2.05 bits per heavy atom. The average Bonchev–Trinajstić information content (AvgIpc) is 2.37. The molecule has 0 saturated carbocycles. The van der Waals surface area contributed by atoms with Crippen LogP contribution < -0.4 is 0 Å². The SMILES string of the molecule is Cc1cccc(CSc2ccc(Br)cc2[N+](=O)[O-])c1. The van der Waals surface area contributed by atoms with Crippen molar-refractivity contribution in [3.8, 4) is 0 Å². The lowest BCUT2D eigenvalue weighted by atomic mass is 10.2. The molecule has 0 aliphatic rings. The lowest BCUT2D eigenvalue weighted by Crippen LogP contribution is -1.91. The molecule has 2 aromatic rings. The summed E-state index contributed by atoms with van der Waals surface area (Å²) >= 11 is 4.74. The van der Waals surface area contributed by atoms with Crippen LogP contribution >= 0.6 is 27.7 Å². The fourth-order valence-electron chi connectivity index (χ4n) is 1.72. The Labute approximate surface area is 124 Å².